The van der Waals surface area contributed by atoms with Crippen molar-refractivity contribution in [3.8, 4) is 11.8 Å². The lowest BCUT2D eigenvalue weighted by molar-refractivity contribution is 1.06. The van der Waals surface area contributed by atoms with Gasteiger partial charge in [-0.25, -0.2) is 4.98 Å². The van der Waals surface area contributed by atoms with Crippen molar-refractivity contribution in [2.45, 2.75) is 0 Å². The first-order chi connectivity index (χ1) is 6.40. The molecule has 0 aliphatic rings. The van der Waals surface area contributed by atoms with Crippen LogP contribution in [0.15, 0.2) is 43.0 Å². The average Bonchev–Trinajstić information content (AvgIpc) is 2.71. The summed E-state index contributed by atoms with van der Waals surface area (Å²) in [4.78, 5) is 3.93. The van der Waals surface area contributed by atoms with Crippen LogP contribution in [-0.4, -0.2) is 9.55 Å². The van der Waals surface area contributed by atoms with Crippen LogP contribution >= 0.6 is 0 Å². The molecule has 13 heavy (non-hydrogen) atoms. The van der Waals surface area contributed by atoms with E-state index in [0.717, 1.165) is 5.69 Å². The zero-order valence-electron chi connectivity index (χ0n) is 6.88. The van der Waals surface area contributed by atoms with Crippen LogP contribution in [0.4, 0.5) is 0 Å². The molecule has 2 rings (SSSR count). The second-order valence-electron chi connectivity index (χ2n) is 2.63. The molecule has 0 N–H and O–H groups in total. The fraction of sp³-hybridized carbons (Fsp3) is 0. The SMILES string of the molecule is N#Cc1cccc(-n2ccnc2)c1. The molecule has 0 aliphatic carbocycles. The molecule has 3 heteroatoms. The first kappa shape index (κ1) is 7.56. The Balaban J connectivity index is 2.49. The third-order valence-electron chi connectivity index (χ3n) is 1.78. The smallest absolute Gasteiger partial charge is 0.0992 e. The highest BCUT2D eigenvalue weighted by Crippen LogP contribution is 2.08. The Morgan fingerprint density at radius 1 is 1.38 bits per heavy atom. The van der Waals surface area contributed by atoms with Crippen molar-refractivity contribution >= 4 is 0 Å². The van der Waals surface area contributed by atoms with Crippen LogP contribution in [-0.2, 0) is 0 Å². The number of rotatable bonds is 1. The highest BCUT2D eigenvalue weighted by atomic mass is 15.0. The number of hydrogen-bond acceptors (Lipinski definition) is 2. The van der Waals surface area contributed by atoms with E-state index in [1.165, 1.54) is 0 Å². The van der Waals surface area contributed by atoms with Gasteiger partial charge in [0.15, 0.2) is 0 Å². The van der Waals surface area contributed by atoms with E-state index in [4.69, 9.17) is 5.26 Å². The Bertz CT molecular complexity index is 437. The van der Waals surface area contributed by atoms with E-state index in [0.29, 0.717) is 5.56 Å². The fourth-order valence-electron chi connectivity index (χ4n) is 1.15. The summed E-state index contributed by atoms with van der Waals surface area (Å²) in [5, 5.41) is 8.68. The molecule has 0 bridgehead atoms. The normalized spacial score (nSPS) is 9.46. The Morgan fingerprint density at radius 2 is 2.31 bits per heavy atom. The lowest BCUT2D eigenvalue weighted by Gasteiger charge is -2.00. The maximum atomic E-state index is 8.68. The molecule has 0 saturated heterocycles. The van der Waals surface area contributed by atoms with Crippen LogP contribution in [0.3, 0.4) is 0 Å². The van der Waals surface area contributed by atoms with Crippen LogP contribution in [0.5, 0.6) is 0 Å². The van der Waals surface area contributed by atoms with E-state index < -0.39 is 0 Å². The summed E-state index contributed by atoms with van der Waals surface area (Å²) >= 11 is 0. The van der Waals surface area contributed by atoms with Gasteiger partial charge in [-0.05, 0) is 18.2 Å². The molecular weight excluding hydrogens is 162 g/mol. The van der Waals surface area contributed by atoms with Gasteiger partial charge in [0.2, 0.25) is 0 Å². The molecule has 3 nitrogen and oxygen atoms in total. The average molecular weight is 169 g/mol. The van der Waals surface area contributed by atoms with Gasteiger partial charge in [-0.1, -0.05) is 6.07 Å². The predicted molar refractivity (Wildman–Crippen MR) is 48.3 cm³/mol. The molecule has 0 spiro atoms. The summed E-state index contributed by atoms with van der Waals surface area (Å²) in [6.45, 7) is 0. The Labute approximate surface area is 75.9 Å². The monoisotopic (exact) mass is 169 g/mol. The minimum absolute atomic E-state index is 0.659. The first-order valence-electron chi connectivity index (χ1n) is 3.88. The van der Waals surface area contributed by atoms with Gasteiger partial charge in [-0.15, -0.1) is 0 Å². The summed E-state index contributed by atoms with van der Waals surface area (Å²) in [5.74, 6) is 0. The lowest BCUT2D eigenvalue weighted by Crippen LogP contribution is -1.89. The molecule has 0 fully saturated rings. The van der Waals surface area contributed by atoms with Gasteiger partial charge >= 0.3 is 0 Å². The van der Waals surface area contributed by atoms with E-state index in [2.05, 4.69) is 11.1 Å². The van der Waals surface area contributed by atoms with Crippen molar-refractivity contribution in [2.75, 3.05) is 0 Å². The molecule has 1 heterocycles. The summed E-state index contributed by atoms with van der Waals surface area (Å²) < 4.78 is 1.86. The Kier molecular flexibility index (Phi) is 1.81. The number of nitrogens with zero attached hydrogens (tertiary/aromatic N) is 3. The third-order valence-corrected chi connectivity index (χ3v) is 1.78. The molecule has 0 radical (unpaired) electrons. The highest BCUT2D eigenvalue weighted by molar-refractivity contribution is 5.40. The van der Waals surface area contributed by atoms with Gasteiger partial charge in [0.25, 0.3) is 0 Å². The minimum atomic E-state index is 0.659. The molecule has 0 atom stereocenters. The van der Waals surface area contributed by atoms with Gasteiger partial charge in [-0.3, -0.25) is 0 Å². The van der Waals surface area contributed by atoms with Crippen molar-refractivity contribution < 1.29 is 0 Å². The Morgan fingerprint density at radius 3 is 3.00 bits per heavy atom. The zero-order chi connectivity index (χ0) is 9.10. The maximum absolute atomic E-state index is 8.68. The number of aromatic nitrogens is 2. The molecule has 0 aliphatic heterocycles. The summed E-state index contributed by atoms with van der Waals surface area (Å²) in [6.07, 6.45) is 5.26. The standard InChI is InChI=1S/C10H7N3/c11-7-9-2-1-3-10(6-9)13-5-4-12-8-13/h1-6,8H. The topological polar surface area (TPSA) is 41.6 Å². The molecule has 0 saturated carbocycles. The van der Waals surface area contributed by atoms with Crippen LogP contribution in [0.1, 0.15) is 5.56 Å². The quantitative estimate of drug-likeness (QED) is 0.652. The molecule has 1 aromatic carbocycles. The van der Waals surface area contributed by atoms with Gasteiger partial charge in [0.05, 0.1) is 18.0 Å². The molecule has 1 aromatic heterocycles. The second kappa shape index (κ2) is 3.11. The fourth-order valence-corrected chi connectivity index (χ4v) is 1.15. The Hall–Kier alpha value is -2.08. The van der Waals surface area contributed by atoms with Crippen molar-refractivity contribution in [1.29, 1.82) is 5.26 Å². The third kappa shape index (κ3) is 1.42. The van der Waals surface area contributed by atoms with Crippen molar-refractivity contribution in [2.24, 2.45) is 0 Å². The summed E-state index contributed by atoms with van der Waals surface area (Å²) in [5.41, 5.74) is 1.61. The maximum Gasteiger partial charge on any atom is 0.0992 e. The van der Waals surface area contributed by atoms with Crippen molar-refractivity contribution in [3.63, 3.8) is 0 Å². The van der Waals surface area contributed by atoms with E-state index in [1.54, 1.807) is 18.6 Å². The van der Waals surface area contributed by atoms with Crippen LogP contribution in [0.2, 0.25) is 0 Å². The van der Waals surface area contributed by atoms with Crippen molar-refractivity contribution in [3.05, 3.63) is 48.5 Å². The minimum Gasteiger partial charge on any atom is -0.306 e. The van der Waals surface area contributed by atoms with Crippen molar-refractivity contribution in [1.82, 2.24) is 9.55 Å². The van der Waals surface area contributed by atoms with Gasteiger partial charge in [-0.2, -0.15) is 5.26 Å². The van der Waals surface area contributed by atoms with Crippen LogP contribution in [0, 0.1) is 11.3 Å². The van der Waals surface area contributed by atoms with Crippen LogP contribution in [0.25, 0.3) is 5.69 Å². The van der Waals surface area contributed by atoms with Gasteiger partial charge < -0.3 is 4.57 Å². The van der Waals surface area contributed by atoms with E-state index >= 15 is 0 Å². The first-order valence-corrected chi connectivity index (χ1v) is 3.88. The summed E-state index contributed by atoms with van der Waals surface area (Å²) in [6, 6.07) is 9.48. The number of imidazole rings is 1. The second-order valence-corrected chi connectivity index (χ2v) is 2.63. The zero-order valence-corrected chi connectivity index (χ0v) is 6.88. The van der Waals surface area contributed by atoms with E-state index in [1.807, 2.05) is 29.0 Å². The molecule has 2 aromatic rings. The molecule has 0 amide bonds. The van der Waals surface area contributed by atoms with Crippen LogP contribution < -0.4 is 0 Å². The molecular formula is C10H7N3. The van der Waals surface area contributed by atoms with Gasteiger partial charge in [0, 0.05) is 18.1 Å². The highest BCUT2D eigenvalue weighted by Gasteiger charge is 1.95. The number of hydrogen-bond donors (Lipinski definition) is 0. The number of nitriles is 1. The predicted octanol–water partition coefficient (Wildman–Crippen LogP) is 1.74. The van der Waals surface area contributed by atoms with Gasteiger partial charge in [0.1, 0.15) is 0 Å². The molecule has 0 unspecified atom stereocenters. The summed E-state index contributed by atoms with van der Waals surface area (Å²) in [7, 11) is 0. The van der Waals surface area contributed by atoms with E-state index in [9.17, 15) is 0 Å². The lowest BCUT2D eigenvalue weighted by atomic mass is 10.2. The van der Waals surface area contributed by atoms with E-state index in [-0.39, 0.29) is 0 Å². The number of benzene rings is 1. The molecule has 62 valence electrons. The largest absolute Gasteiger partial charge is 0.306 e.